The molecule has 3 aliphatic rings. The first kappa shape index (κ1) is 31.3. The topological polar surface area (TPSA) is 163 Å². The molecule has 2 saturated carbocycles. The number of nitrogens with one attached hydrogen (secondary N) is 4. The van der Waals surface area contributed by atoms with Crippen molar-refractivity contribution in [3.05, 3.63) is 0 Å². The van der Waals surface area contributed by atoms with Crippen LogP contribution in [0.25, 0.3) is 0 Å². The molecule has 4 N–H and O–H groups in total. The second-order valence-corrected chi connectivity index (χ2v) is 13.3. The van der Waals surface area contributed by atoms with Crippen LogP contribution in [0, 0.1) is 11.3 Å². The van der Waals surface area contributed by atoms with Gasteiger partial charge in [-0.1, -0.05) is 33.6 Å². The normalized spacial score (nSPS) is 20.6. The van der Waals surface area contributed by atoms with E-state index >= 15 is 0 Å². The number of hydrogen-bond donors (Lipinski definition) is 4. The first-order chi connectivity index (χ1) is 18.5. The van der Waals surface area contributed by atoms with E-state index in [1.165, 1.54) is 4.90 Å². The number of urea groups is 1. The number of likely N-dealkylation sites (tertiary alicyclic amines) is 1. The molecule has 1 aliphatic heterocycles. The fourth-order valence-corrected chi connectivity index (χ4v) is 4.66. The molecule has 5 amide bonds. The van der Waals surface area contributed by atoms with Gasteiger partial charge in [0.15, 0.2) is 0 Å². The Balaban J connectivity index is 1.64. The number of amides is 5. The number of esters is 1. The summed E-state index contributed by atoms with van der Waals surface area (Å²) in [4.78, 5) is 78.4. The van der Waals surface area contributed by atoms with Gasteiger partial charge in [-0.2, -0.15) is 0 Å². The van der Waals surface area contributed by atoms with Gasteiger partial charge in [0.05, 0.1) is 6.04 Å². The molecule has 224 valence electrons. The molecule has 2 unspecified atom stereocenters. The number of nitrogens with zero attached hydrogens (tertiary/aromatic N) is 1. The summed E-state index contributed by atoms with van der Waals surface area (Å²) in [5, 5.41) is 10.5. The Morgan fingerprint density at radius 2 is 1.55 bits per heavy atom. The van der Waals surface area contributed by atoms with E-state index in [1.54, 1.807) is 41.5 Å². The molecule has 0 aromatic rings. The standard InChI is InChI=1S/C28H45N5O7/c1-27(2,3)22(32-26(39)29-15-20(34)40-28(4,5)6)25(38)33-13-7-8-19(33)23(36)31-18(14-16-9-10-16)21(35)24(37)30-17-11-12-17/h16-19,22H,7-15H2,1-6H3,(H,30,37)(H,31,36)(H2,29,32,39)/t18?,19-,22?/m0/s1. The van der Waals surface area contributed by atoms with Crippen molar-refractivity contribution in [1.82, 2.24) is 26.2 Å². The molecule has 2 aliphatic carbocycles. The summed E-state index contributed by atoms with van der Waals surface area (Å²) in [6, 6.07) is -3.44. The van der Waals surface area contributed by atoms with Crippen LogP contribution in [0.15, 0.2) is 0 Å². The summed E-state index contributed by atoms with van der Waals surface area (Å²) in [7, 11) is 0. The second-order valence-electron chi connectivity index (χ2n) is 13.3. The second kappa shape index (κ2) is 12.6. The van der Waals surface area contributed by atoms with Crippen LogP contribution in [0.5, 0.6) is 0 Å². The predicted molar refractivity (Wildman–Crippen MR) is 146 cm³/mol. The van der Waals surface area contributed by atoms with Crippen molar-refractivity contribution in [3.63, 3.8) is 0 Å². The Morgan fingerprint density at radius 1 is 0.900 bits per heavy atom. The zero-order valence-corrected chi connectivity index (χ0v) is 24.6. The molecule has 3 fully saturated rings. The lowest BCUT2D eigenvalue weighted by Gasteiger charge is -2.35. The average molecular weight is 564 g/mol. The third-order valence-corrected chi connectivity index (χ3v) is 7.08. The quantitative estimate of drug-likeness (QED) is 0.217. The number of carbonyl (C=O) groups is 6. The molecular weight excluding hydrogens is 518 g/mol. The lowest BCUT2D eigenvalue weighted by Crippen LogP contribution is -2.60. The number of Topliss-reactive ketones (excluding diaryl/α,β-unsaturated/α-hetero) is 1. The Kier molecular flexibility index (Phi) is 9.84. The minimum Gasteiger partial charge on any atom is -0.459 e. The molecule has 3 rings (SSSR count). The van der Waals surface area contributed by atoms with Gasteiger partial charge in [-0.3, -0.25) is 24.0 Å². The minimum absolute atomic E-state index is 0.0276. The van der Waals surface area contributed by atoms with E-state index in [2.05, 4.69) is 21.3 Å². The fraction of sp³-hybridized carbons (Fsp3) is 0.786. The largest absolute Gasteiger partial charge is 0.459 e. The molecule has 0 radical (unpaired) electrons. The van der Waals surface area contributed by atoms with E-state index in [1.807, 2.05) is 0 Å². The SMILES string of the molecule is CC(C)(C)OC(=O)CNC(=O)NC(C(=O)N1CCC[C@H]1C(=O)NC(CC1CC1)C(=O)C(=O)NC1CC1)C(C)(C)C. The maximum atomic E-state index is 13.7. The van der Waals surface area contributed by atoms with Crippen LogP contribution in [0.4, 0.5) is 4.79 Å². The molecular formula is C28H45N5O7. The third kappa shape index (κ3) is 9.48. The zero-order valence-electron chi connectivity index (χ0n) is 24.6. The molecule has 12 heteroatoms. The van der Waals surface area contributed by atoms with Gasteiger partial charge in [-0.25, -0.2) is 4.79 Å². The molecule has 40 heavy (non-hydrogen) atoms. The van der Waals surface area contributed by atoms with Crippen molar-refractivity contribution in [1.29, 1.82) is 0 Å². The molecule has 1 heterocycles. The molecule has 0 spiro atoms. The molecule has 0 aromatic carbocycles. The molecule has 3 atom stereocenters. The van der Waals surface area contributed by atoms with Gasteiger partial charge in [-0.15, -0.1) is 0 Å². The lowest BCUT2D eigenvalue weighted by atomic mass is 9.85. The lowest BCUT2D eigenvalue weighted by molar-refractivity contribution is -0.153. The molecule has 12 nitrogen and oxygen atoms in total. The van der Waals surface area contributed by atoms with Gasteiger partial charge in [-0.05, 0) is 64.2 Å². The van der Waals surface area contributed by atoms with Gasteiger partial charge in [0.25, 0.3) is 5.91 Å². The summed E-state index contributed by atoms with van der Waals surface area (Å²) < 4.78 is 5.19. The highest BCUT2D eigenvalue weighted by molar-refractivity contribution is 6.38. The van der Waals surface area contributed by atoms with Crippen LogP contribution in [0.3, 0.4) is 0 Å². The van der Waals surface area contributed by atoms with Crippen molar-refractivity contribution >= 4 is 35.5 Å². The number of hydrogen-bond acceptors (Lipinski definition) is 7. The molecule has 1 saturated heterocycles. The van der Waals surface area contributed by atoms with Gasteiger partial charge in [0.2, 0.25) is 17.6 Å². The highest BCUT2D eigenvalue weighted by Gasteiger charge is 2.43. The number of ether oxygens (including phenoxy) is 1. The monoisotopic (exact) mass is 563 g/mol. The van der Waals surface area contributed by atoms with Gasteiger partial charge in [0, 0.05) is 12.6 Å². The van der Waals surface area contributed by atoms with Crippen molar-refractivity contribution in [2.75, 3.05) is 13.1 Å². The average Bonchev–Trinajstić information content (AvgIpc) is 3.77. The molecule has 0 aromatic heterocycles. The van der Waals surface area contributed by atoms with E-state index in [4.69, 9.17) is 4.74 Å². The summed E-state index contributed by atoms with van der Waals surface area (Å²) in [6.07, 6.45) is 4.97. The summed E-state index contributed by atoms with van der Waals surface area (Å²) in [5.74, 6) is -2.57. The predicted octanol–water partition coefficient (Wildman–Crippen LogP) is 1.17. The minimum atomic E-state index is -0.993. The Labute approximate surface area is 236 Å². The van der Waals surface area contributed by atoms with Crippen LogP contribution in [0.1, 0.15) is 86.5 Å². The number of rotatable bonds is 11. The first-order valence-electron chi connectivity index (χ1n) is 14.3. The fourth-order valence-electron chi connectivity index (χ4n) is 4.66. The Morgan fingerprint density at radius 3 is 2.10 bits per heavy atom. The van der Waals surface area contributed by atoms with E-state index < -0.39 is 64.6 Å². The highest BCUT2D eigenvalue weighted by Crippen LogP contribution is 2.34. The highest BCUT2D eigenvalue weighted by atomic mass is 16.6. The van der Waals surface area contributed by atoms with Crippen LogP contribution >= 0.6 is 0 Å². The van der Waals surface area contributed by atoms with Crippen molar-refractivity contribution in [2.45, 2.75) is 116 Å². The van der Waals surface area contributed by atoms with Crippen molar-refractivity contribution in [3.8, 4) is 0 Å². The van der Waals surface area contributed by atoms with E-state index in [-0.39, 0.29) is 18.5 Å². The molecule has 0 bridgehead atoms. The number of ketones is 1. The van der Waals surface area contributed by atoms with Gasteiger partial charge >= 0.3 is 12.0 Å². The van der Waals surface area contributed by atoms with Crippen molar-refractivity contribution in [2.24, 2.45) is 11.3 Å². The van der Waals surface area contributed by atoms with Crippen LogP contribution in [-0.4, -0.2) is 83.3 Å². The number of carbonyl (C=O) groups excluding carboxylic acids is 6. The maximum Gasteiger partial charge on any atom is 0.325 e. The van der Waals surface area contributed by atoms with E-state index in [9.17, 15) is 28.8 Å². The summed E-state index contributed by atoms with van der Waals surface area (Å²) in [6.45, 7) is 10.5. The van der Waals surface area contributed by atoms with Gasteiger partial charge < -0.3 is 30.9 Å². The van der Waals surface area contributed by atoms with E-state index in [0.717, 1.165) is 25.7 Å². The smallest absolute Gasteiger partial charge is 0.325 e. The van der Waals surface area contributed by atoms with Crippen LogP contribution in [0.2, 0.25) is 0 Å². The summed E-state index contributed by atoms with van der Waals surface area (Å²) in [5.41, 5.74) is -1.41. The van der Waals surface area contributed by atoms with Crippen LogP contribution < -0.4 is 21.3 Å². The maximum absolute atomic E-state index is 13.7. The Bertz CT molecular complexity index is 1010. The van der Waals surface area contributed by atoms with Crippen molar-refractivity contribution < 1.29 is 33.5 Å². The summed E-state index contributed by atoms with van der Waals surface area (Å²) >= 11 is 0. The Hall–Kier alpha value is -3.18. The first-order valence-corrected chi connectivity index (χ1v) is 14.3. The zero-order chi connectivity index (χ0) is 29.8. The van der Waals surface area contributed by atoms with E-state index in [0.29, 0.717) is 25.8 Å². The third-order valence-electron chi connectivity index (χ3n) is 7.08. The van der Waals surface area contributed by atoms with Crippen LogP contribution in [-0.2, 0) is 28.7 Å². The van der Waals surface area contributed by atoms with Gasteiger partial charge in [0.1, 0.15) is 24.2 Å².